The molecule has 0 amide bonds. The van der Waals surface area contributed by atoms with Gasteiger partial charge in [-0.05, 0) is 0 Å². The van der Waals surface area contributed by atoms with Gasteiger partial charge < -0.3 is 14.9 Å². The Morgan fingerprint density at radius 2 is 0.957 bits per heavy atom. The molecule has 2 aromatic carbocycles. The molecule has 0 spiro atoms. The maximum Gasteiger partial charge on any atom is 4.00 e. The fraction of sp³-hybridized carbons (Fsp3) is 0.400. The minimum atomic E-state index is 0. The molecule has 3 heteroatoms. The van der Waals surface area contributed by atoms with Crippen molar-refractivity contribution in [2.45, 2.75) is 51.4 Å². The second-order valence-corrected chi connectivity index (χ2v) is 5.57. The van der Waals surface area contributed by atoms with Gasteiger partial charge in [-0.25, -0.2) is 12.1 Å². The molecule has 0 N–H and O–H groups in total. The summed E-state index contributed by atoms with van der Waals surface area (Å²) in [6.07, 6.45) is 10.9. The third kappa shape index (κ3) is 7.72. The van der Waals surface area contributed by atoms with E-state index >= 15 is 0 Å². The van der Waals surface area contributed by atoms with Crippen LogP contribution in [0.3, 0.4) is 0 Å². The van der Waals surface area contributed by atoms with Crippen molar-refractivity contribution in [3.8, 4) is 0 Å². The molecule has 0 saturated carbocycles. The third-order valence-corrected chi connectivity index (χ3v) is 4.30. The first-order valence-corrected chi connectivity index (χ1v) is 7.40. The Kier molecular flexibility index (Phi) is 17.6. The molecule has 2 aliphatic carbocycles. The Bertz CT molecular complexity index is 412. The normalized spacial score (nSPS) is 13.6. The van der Waals surface area contributed by atoms with E-state index in [9.17, 15) is 0 Å². The van der Waals surface area contributed by atoms with Gasteiger partial charge in [-0.1, -0.05) is 51.4 Å². The molecule has 2 aliphatic rings. The Morgan fingerprint density at radius 1 is 0.609 bits per heavy atom. The summed E-state index contributed by atoms with van der Waals surface area (Å²) in [7, 11) is 0. The van der Waals surface area contributed by atoms with E-state index in [1.54, 1.807) is 22.3 Å². The molecular weight excluding hydrogens is 402 g/mol. The van der Waals surface area contributed by atoms with Gasteiger partial charge in [-0.15, -0.1) is 24.8 Å². The van der Waals surface area contributed by atoms with Gasteiger partial charge >= 0.3 is 26.2 Å². The van der Waals surface area contributed by atoms with Crippen LogP contribution in [0.4, 0.5) is 0 Å². The van der Waals surface area contributed by atoms with Crippen LogP contribution in [0, 0.1) is 14.9 Å². The molecule has 0 aliphatic heterocycles. The molecule has 0 bridgehead atoms. The van der Waals surface area contributed by atoms with Crippen molar-refractivity contribution >= 4 is 24.8 Å². The average molecular weight is 433 g/mol. The third-order valence-electron chi connectivity index (χ3n) is 4.30. The molecule has 0 nitrogen and oxygen atoms in total. The van der Waals surface area contributed by atoms with E-state index in [1.807, 2.05) is 0 Å². The standard InChI is InChI=1S/2C9H11.2CH3.2ClH.Zr/c2*1-2-5-9-7-3-6-8(9)4-1;;;;;/h2*3,6-7H,1-2,4-5H2;2*1H3;2*1H;/q4*-1;;;+4. The maximum absolute atomic E-state index is 2.26. The number of rotatable bonds is 0. The van der Waals surface area contributed by atoms with Crippen LogP contribution in [0.5, 0.6) is 0 Å². The maximum atomic E-state index is 2.26. The molecule has 128 valence electrons. The van der Waals surface area contributed by atoms with E-state index in [0.717, 1.165) is 0 Å². The van der Waals surface area contributed by atoms with Gasteiger partial charge in [0.2, 0.25) is 0 Å². The van der Waals surface area contributed by atoms with E-state index in [1.165, 1.54) is 51.4 Å². The molecule has 0 heterocycles. The smallest absolute Gasteiger partial charge is 0.358 e. The van der Waals surface area contributed by atoms with E-state index in [4.69, 9.17) is 0 Å². The van der Waals surface area contributed by atoms with Gasteiger partial charge in [0.15, 0.2) is 0 Å². The van der Waals surface area contributed by atoms with Gasteiger partial charge in [0, 0.05) is 0 Å². The van der Waals surface area contributed by atoms with Gasteiger partial charge in [-0.3, -0.25) is 0 Å². The van der Waals surface area contributed by atoms with Crippen LogP contribution in [0.2, 0.25) is 0 Å². The van der Waals surface area contributed by atoms with Crippen molar-refractivity contribution in [2.75, 3.05) is 0 Å². The molecule has 0 atom stereocenters. The van der Waals surface area contributed by atoms with Gasteiger partial charge in [0.25, 0.3) is 0 Å². The molecule has 0 unspecified atom stereocenters. The van der Waals surface area contributed by atoms with Crippen LogP contribution in [-0.2, 0) is 51.9 Å². The first kappa shape index (κ1) is 28.0. The minimum Gasteiger partial charge on any atom is -0.358 e. The largest absolute Gasteiger partial charge is 4.00 e. The zero-order valence-electron chi connectivity index (χ0n) is 14.4. The van der Waals surface area contributed by atoms with Crippen molar-refractivity contribution in [1.29, 1.82) is 0 Å². The monoisotopic (exact) mass is 430 g/mol. The molecule has 0 fully saturated rings. The summed E-state index contributed by atoms with van der Waals surface area (Å²) >= 11 is 0. The van der Waals surface area contributed by atoms with Crippen LogP contribution < -0.4 is 0 Å². The Balaban J connectivity index is -0.000000286. The van der Waals surface area contributed by atoms with Crippen molar-refractivity contribution in [3.63, 3.8) is 0 Å². The van der Waals surface area contributed by atoms with Gasteiger partial charge in [0.1, 0.15) is 0 Å². The number of halogens is 2. The van der Waals surface area contributed by atoms with Crippen molar-refractivity contribution < 1.29 is 26.2 Å². The van der Waals surface area contributed by atoms with Crippen LogP contribution in [0.1, 0.15) is 47.9 Å². The second-order valence-electron chi connectivity index (χ2n) is 5.57. The van der Waals surface area contributed by atoms with Crippen LogP contribution >= 0.6 is 24.8 Å². The SMILES string of the molecule is Cl.Cl.[CH3-].[CH3-].[Zr+4].c1cc2c([cH-]1)CCCC2.c1cc2c([cH-]1)CCCC2. The van der Waals surface area contributed by atoms with Gasteiger partial charge in [0.05, 0.1) is 0 Å². The minimum absolute atomic E-state index is 0. The van der Waals surface area contributed by atoms with E-state index in [0.29, 0.717) is 0 Å². The number of aryl methyl sites for hydroxylation is 4. The molecule has 0 aromatic heterocycles. The van der Waals surface area contributed by atoms with Gasteiger partial charge in [-0.2, -0.15) is 46.5 Å². The summed E-state index contributed by atoms with van der Waals surface area (Å²) in [6, 6.07) is 13.4. The van der Waals surface area contributed by atoms with E-state index in [-0.39, 0.29) is 65.9 Å². The molecular formula is C20H30Cl2Zr. The predicted molar refractivity (Wildman–Crippen MR) is 105 cm³/mol. The Labute approximate surface area is 175 Å². The van der Waals surface area contributed by atoms with Crippen LogP contribution in [0.25, 0.3) is 0 Å². The summed E-state index contributed by atoms with van der Waals surface area (Å²) in [5, 5.41) is 0. The summed E-state index contributed by atoms with van der Waals surface area (Å²) in [5.41, 5.74) is 6.39. The van der Waals surface area contributed by atoms with E-state index in [2.05, 4.69) is 36.4 Å². The summed E-state index contributed by atoms with van der Waals surface area (Å²) in [5.74, 6) is 0. The summed E-state index contributed by atoms with van der Waals surface area (Å²) in [4.78, 5) is 0. The molecule has 4 rings (SSSR count). The van der Waals surface area contributed by atoms with Crippen molar-refractivity contribution in [2.24, 2.45) is 0 Å². The summed E-state index contributed by atoms with van der Waals surface area (Å²) in [6.45, 7) is 0. The zero-order chi connectivity index (χ0) is 12.2. The second kappa shape index (κ2) is 14.5. The fourth-order valence-corrected chi connectivity index (χ4v) is 3.23. The van der Waals surface area contributed by atoms with E-state index < -0.39 is 0 Å². The topological polar surface area (TPSA) is 0 Å². The fourth-order valence-electron chi connectivity index (χ4n) is 3.23. The molecule has 23 heavy (non-hydrogen) atoms. The number of hydrogen-bond donors (Lipinski definition) is 0. The molecule has 2 aromatic rings. The van der Waals surface area contributed by atoms with Crippen molar-refractivity contribution in [3.05, 3.63) is 73.5 Å². The number of hydrogen-bond acceptors (Lipinski definition) is 0. The zero-order valence-corrected chi connectivity index (χ0v) is 18.5. The Hall–Kier alpha value is 0.163. The molecule has 0 radical (unpaired) electrons. The predicted octanol–water partition coefficient (Wildman–Crippen LogP) is 6.31. The number of fused-ring (bicyclic) bond motifs is 2. The first-order valence-electron chi connectivity index (χ1n) is 7.40. The quantitative estimate of drug-likeness (QED) is 0.428. The average Bonchev–Trinajstić information content (AvgIpc) is 3.08. The first-order chi connectivity index (χ1) is 8.93. The van der Waals surface area contributed by atoms with Crippen molar-refractivity contribution in [1.82, 2.24) is 0 Å². The summed E-state index contributed by atoms with van der Waals surface area (Å²) < 4.78 is 0. The van der Waals surface area contributed by atoms with Crippen LogP contribution in [-0.4, -0.2) is 0 Å². The molecule has 0 saturated heterocycles. The Morgan fingerprint density at radius 3 is 1.30 bits per heavy atom. The van der Waals surface area contributed by atoms with Crippen LogP contribution in [0.15, 0.2) is 36.4 Å².